The van der Waals surface area contributed by atoms with E-state index in [0.717, 1.165) is 12.1 Å². The molecule has 98 valence electrons. The molecule has 5 heteroatoms. The molecule has 1 aromatic rings. The van der Waals surface area contributed by atoms with Gasteiger partial charge in [0.2, 0.25) is 5.91 Å². The minimum Gasteiger partial charge on any atom is -0.370 e. The maximum absolute atomic E-state index is 10.9. The van der Waals surface area contributed by atoms with Crippen molar-refractivity contribution in [1.29, 1.82) is 0 Å². The number of guanidine groups is 1. The number of benzene rings is 1. The molecule has 0 bridgehead atoms. The van der Waals surface area contributed by atoms with Crippen molar-refractivity contribution in [2.45, 2.75) is 20.4 Å². The van der Waals surface area contributed by atoms with Gasteiger partial charge in [0, 0.05) is 12.1 Å². The van der Waals surface area contributed by atoms with Crippen LogP contribution < -0.4 is 16.8 Å². The van der Waals surface area contributed by atoms with Gasteiger partial charge in [0.25, 0.3) is 0 Å². The molecule has 1 rings (SSSR count). The zero-order valence-electron chi connectivity index (χ0n) is 10.8. The van der Waals surface area contributed by atoms with Gasteiger partial charge in [-0.2, -0.15) is 0 Å². The molecular formula is C13H20N4O. The Labute approximate surface area is 107 Å². The maximum atomic E-state index is 10.9. The Morgan fingerprint density at radius 2 is 1.89 bits per heavy atom. The molecule has 0 radical (unpaired) electrons. The number of nitrogens with two attached hydrogens (primary N) is 2. The third-order valence-corrected chi connectivity index (χ3v) is 2.36. The highest BCUT2D eigenvalue weighted by atomic mass is 16.1. The van der Waals surface area contributed by atoms with E-state index in [-0.39, 0.29) is 0 Å². The Bertz CT molecular complexity index is 423. The van der Waals surface area contributed by atoms with E-state index >= 15 is 0 Å². The minimum absolute atomic E-state index is 0.428. The topological polar surface area (TPSA) is 93.5 Å². The third-order valence-electron chi connectivity index (χ3n) is 2.36. The van der Waals surface area contributed by atoms with Gasteiger partial charge >= 0.3 is 0 Å². The van der Waals surface area contributed by atoms with Crippen molar-refractivity contribution in [2.75, 3.05) is 6.54 Å². The van der Waals surface area contributed by atoms with E-state index in [1.165, 1.54) is 0 Å². The highest BCUT2D eigenvalue weighted by molar-refractivity contribution is 5.92. The molecule has 1 aromatic carbocycles. The molecule has 0 saturated carbocycles. The lowest BCUT2D eigenvalue weighted by atomic mass is 10.1. The molecule has 18 heavy (non-hydrogen) atoms. The maximum Gasteiger partial charge on any atom is 0.248 e. The second-order valence-corrected chi connectivity index (χ2v) is 4.54. The summed E-state index contributed by atoms with van der Waals surface area (Å²) in [5.41, 5.74) is 12.3. The van der Waals surface area contributed by atoms with Gasteiger partial charge in [0.15, 0.2) is 5.96 Å². The summed E-state index contributed by atoms with van der Waals surface area (Å²) in [6.45, 7) is 5.48. The molecule has 0 aromatic heterocycles. The molecule has 0 aliphatic carbocycles. The van der Waals surface area contributed by atoms with E-state index in [1.54, 1.807) is 12.1 Å². The first kappa shape index (κ1) is 14.0. The lowest BCUT2D eigenvalue weighted by molar-refractivity contribution is 0.100. The number of rotatable bonds is 5. The molecule has 0 heterocycles. The Kier molecular flexibility index (Phi) is 5.17. The van der Waals surface area contributed by atoms with Gasteiger partial charge in [-0.05, 0) is 23.6 Å². The standard InChI is InChI=1S/C13H20N4O/c1-9(2)7-16-13(15)17-8-10-3-5-11(6-4-10)12(14)18/h3-6,9H,7-8H2,1-2H3,(H2,14,18)(H3,15,16,17). The summed E-state index contributed by atoms with van der Waals surface area (Å²) in [5, 5.41) is 3.04. The van der Waals surface area contributed by atoms with Crippen LogP contribution in [0.5, 0.6) is 0 Å². The predicted octanol–water partition coefficient (Wildman–Crippen LogP) is 0.846. The number of hydrogen-bond donors (Lipinski definition) is 3. The number of carbonyl (C=O) groups excluding carboxylic acids is 1. The third kappa shape index (κ3) is 4.86. The Hall–Kier alpha value is -2.04. The van der Waals surface area contributed by atoms with Crippen molar-refractivity contribution in [3.05, 3.63) is 35.4 Å². The molecule has 0 saturated heterocycles. The van der Waals surface area contributed by atoms with Crippen molar-refractivity contribution >= 4 is 11.9 Å². The van der Waals surface area contributed by atoms with Gasteiger partial charge < -0.3 is 16.8 Å². The van der Waals surface area contributed by atoms with Crippen molar-refractivity contribution < 1.29 is 4.79 Å². The SMILES string of the molecule is CC(C)CNC(N)=NCc1ccc(C(N)=O)cc1. The Balaban J connectivity index is 2.52. The quantitative estimate of drug-likeness (QED) is 0.532. The number of hydrogen-bond acceptors (Lipinski definition) is 2. The van der Waals surface area contributed by atoms with E-state index in [2.05, 4.69) is 24.2 Å². The molecule has 0 fully saturated rings. The van der Waals surface area contributed by atoms with Crippen LogP contribution in [0.1, 0.15) is 29.8 Å². The number of primary amides is 1. The first-order valence-electron chi connectivity index (χ1n) is 5.91. The molecule has 0 unspecified atom stereocenters. The zero-order valence-corrected chi connectivity index (χ0v) is 10.8. The first-order valence-corrected chi connectivity index (χ1v) is 5.91. The van der Waals surface area contributed by atoms with Crippen LogP contribution in [0.4, 0.5) is 0 Å². The predicted molar refractivity (Wildman–Crippen MR) is 73.1 cm³/mol. The molecule has 0 aliphatic rings. The number of nitrogens with zero attached hydrogens (tertiary/aromatic N) is 1. The summed E-state index contributed by atoms with van der Waals surface area (Å²) < 4.78 is 0. The van der Waals surface area contributed by atoms with Gasteiger partial charge in [-0.15, -0.1) is 0 Å². The summed E-state index contributed by atoms with van der Waals surface area (Å²) in [6, 6.07) is 7.01. The van der Waals surface area contributed by atoms with E-state index in [0.29, 0.717) is 24.0 Å². The molecule has 5 N–H and O–H groups in total. The fourth-order valence-corrected chi connectivity index (χ4v) is 1.32. The van der Waals surface area contributed by atoms with Gasteiger partial charge in [-0.3, -0.25) is 4.79 Å². The second kappa shape index (κ2) is 6.64. The Morgan fingerprint density at radius 3 is 2.39 bits per heavy atom. The fourth-order valence-electron chi connectivity index (χ4n) is 1.32. The van der Waals surface area contributed by atoms with Crippen molar-refractivity contribution in [3.63, 3.8) is 0 Å². The molecule has 0 aliphatic heterocycles. The van der Waals surface area contributed by atoms with Crippen LogP contribution in [0, 0.1) is 5.92 Å². The number of amides is 1. The van der Waals surface area contributed by atoms with Gasteiger partial charge in [-0.25, -0.2) is 4.99 Å². The molecule has 1 amide bonds. The highest BCUT2D eigenvalue weighted by Crippen LogP contribution is 2.04. The summed E-state index contributed by atoms with van der Waals surface area (Å²) in [5.74, 6) is 0.527. The average molecular weight is 248 g/mol. The van der Waals surface area contributed by atoms with Crippen LogP contribution in [-0.4, -0.2) is 18.4 Å². The monoisotopic (exact) mass is 248 g/mol. The van der Waals surface area contributed by atoms with E-state index in [1.807, 2.05) is 12.1 Å². The van der Waals surface area contributed by atoms with Crippen LogP contribution in [-0.2, 0) is 6.54 Å². The molecule has 0 spiro atoms. The van der Waals surface area contributed by atoms with Gasteiger partial charge in [0.05, 0.1) is 6.54 Å². The minimum atomic E-state index is -0.428. The first-order chi connectivity index (χ1) is 8.49. The fraction of sp³-hybridized carbons (Fsp3) is 0.385. The van der Waals surface area contributed by atoms with Crippen molar-refractivity contribution in [3.8, 4) is 0 Å². The summed E-state index contributed by atoms with van der Waals surface area (Å²) in [7, 11) is 0. The second-order valence-electron chi connectivity index (χ2n) is 4.54. The van der Waals surface area contributed by atoms with Gasteiger partial charge in [-0.1, -0.05) is 26.0 Å². The van der Waals surface area contributed by atoms with Gasteiger partial charge in [0.1, 0.15) is 0 Å². The zero-order chi connectivity index (χ0) is 13.5. The summed E-state index contributed by atoms with van der Waals surface area (Å²) >= 11 is 0. The number of nitrogens with one attached hydrogen (secondary N) is 1. The molecule has 0 atom stereocenters. The van der Waals surface area contributed by atoms with Crippen LogP contribution in [0.25, 0.3) is 0 Å². The largest absolute Gasteiger partial charge is 0.370 e. The lowest BCUT2D eigenvalue weighted by Crippen LogP contribution is -2.34. The lowest BCUT2D eigenvalue weighted by Gasteiger charge is -2.07. The van der Waals surface area contributed by atoms with Crippen LogP contribution >= 0.6 is 0 Å². The van der Waals surface area contributed by atoms with Crippen molar-refractivity contribution in [2.24, 2.45) is 22.4 Å². The average Bonchev–Trinajstić information content (AvgIpc) is 2.34. The number of aliphatic imine (C=N–C) groups is 1. The van der Waals surface area contributed by atoms with E-state index in [9.17, 15) is 4.79 Å². The summed E-state index contributed by atoms with van der Waals surface area (Å²) in [6.07, 6.45) is 0. The molecular weight excluding hydrogens is 228 g/mol. The number of carbonyl (C=O) groups is 1. The molecule has 5 nitrogen and oxygen atoms in total. The van der Waals surface area contributed by atoms with E-state index < -0.39 is 5.91 Å². The van der Waals surface area contributed by atoms with Crippen molar-refractivity contribution in [1.82, 2.24) is 5.32 Å². The normalized spacial score (nSPS) is 11.6. The Morgan fingerprint density at radius 1 is 1.28 bits per heavy atom. The van der Waals surface area contributed by atoms with E-state index in [4.69, 9.17) is 11.5 Å². The highest BCUT2D eigenvalue weighted by Gasteiger charge is 1.99. The van der Waals surface area contributed by atoms with Crippen LogP contribution in [0.2, 0.25) is 0 Å². The van der Waals surface area contributed by atoms with Crippen LogP contribution in [0.3, 0.4) is 0 Å². The van der Waals surface area contributed by atoms with Crippen LogP contribution in [0.15, 0.2) is 29.3 Å². The summed E-state index contributed by atoms with van der Waals surface area (Å²) in [4.78, 5) is 15.1. The smallest absolute Gasteiger partial charge is 0.248 e.